The van der Waals surface area contributed by atoms with Gasteiger partial charge in [0.2, 0.25) is 11.7 Å². The molecule has 0 radical (unpaired) electrons. The quantitative estimate of drug-likeness (QED) is 0.480. The van der Waals surface area contributed by atoms with Crippen molar-refractivity contribution in [2.75, 3.05) is 13.1 Å². The van der Waals surface area contributed by atoms with E-state index in [-0.39, 0.29) is 6.54 Å². The van der Waals surface area contributed by atoms with Crippen LogP contribution in [-0.4, -0.2) is 72.2 Å². The first-order valence-corrected chi connectivity index (χ1v) is 10.3. The van der Waals surface area contributed by atoms with Crippen LogP contribution in [0.1, 0.15) is 28.0 Å². The standard InChI is InChI=1S/C20H16F5N9O2/c21-19(22)5-13(6-26)34(10-19)15(35)7-27-18(36)14-9-33(30-16(14)20(23,24)25)8-11-1-3-12(4-2-11)17-28-31-32-29-17/h1-4,9,13H,5,7-8,10H2,(H,27,36)(H,28,29,31,32)/t13-/m0/s1. The first-order valence-electron chi connectivity index (χ1n) is 10.3. The molecule has 3 heterocycles. The number of hydrogen-bond acceptors (Lipinski definition) is 7. The van der Waals surface area contributed by atoms with Gasteiger partial charge in [-0.05, 0) is 10.8 Å². The topological polar surface area (TPSA) is 145 Å². The van der Waals surface area contributed by atoms with E-state index in [0.717, 1.165) is 10.9 Å². The van der Waals surface area contributed by atoms with Gasteiger partial charge in [-0.25, -0.2) is 8.78 Å². The fourth-order valence-corrected chi connectivity index (χ4v) is 3.66. The molecular formula is C20H16F5N9O2. The summed E-state index contributed by atoms with van der Waals surface area (Å²) in [5.41, 5.74) is -1.15. The number of carbonyl (C=O) groups is 2. The number of alkyl halides is 5. The summed E-state index contributed by atoms with van der Waals surface area (Å²) in [5.74, 6) is -5.23. The Hall–Kier alpha value is -4.42. The minimum absolute atomic E-state index is 0.117. The minimum Gasteiger partial charge on any atom is -0.343 e. The number of aromatic amines is 1. The van der Waals surface area contributed by atoms with Crippen LogP contribution in [0.25, 0.3) is 11.4 Å². The summed E-state index contributed by atoms with van der Waals surface area (Å²) >= 11 is 0. The van der Waals surface area contributed by atoms with Crippen molar-refractivity contribution in [3.63, 3.8) is 0 Å². The number of likely N-dealkylation sites (tertiary alicyclic amines) is 1. The summed E-state index contributed by atoms with van der Waals surface area (Å²) < 4.78 is 68.6. The van der Waals surface area contributed by atoms with E-state index in [9.17, 15) is 31.5 Å². The SMILES string of the molecule is N#C[C@@H]1CC(F)(F)CN1C(=O)CNC(=O)c1cn(Cc2ccc(-c3nn[nH]n3)cc2)nc1C(F)(F)F. The van der Waals surface area contributed by atoms with Gasteiger partial charge in [-0.2, -0.15) is 28.7 Å². The van der Waals surface area contributed by atoms with E-state index in [1.165, 1.54) is 0 Å². The number of aromatic nitrogens is 6. The lowest BCUT2D eigenvalue weighted by molar-refractivity contribution is -0.141. The number of carbonyl (C=O) groups excluding carboxylic acids is 2. The van der Waals surface area contributed by atoms with Gasteiger partial charge in [0.15, 0.2) is 5.69 Å². The molecule has 16 heteroatoms. The summed E-state index contributed by atoms with van der Waals surface area (Å²) in [4.78, 5) is 25.3. The van der Waals surface area contributed by atoms with Crippen LogP contribution >= 0.6 is 0 Å². The van der Waals surface area contributed by atoms with Crippen LogP contribution in [-0.2, 0) is 17.5 Å². The zero-order valence-corrected chi connectivity index (χ0v) is 18.1. The van der Waals surface area contributed by atoms with Crippen LogP contribution in [0.2, 0.25) is 0 Å². The summed E-state index contributed by atoms with van der Waals surface area (Å²) in [5, 5.41) is 27.8. The van der Waals surface area contributed by atoms with Crippen molar-refractivity contribution in [1.29, 1.82) is 5.26 Å². The lowest BCUT2D eigenvalue weighted by atomic mass is 10.1. The molecule has 3 aromatic rings. The van der Waals surface area contributed by atoms with Crippen molar-refractivity contribution >= 4 is 11.8 Å². The maximum atomic E-state index is 13.5. The van der Waals surface area contributed by atoms with E-state index in [1.807, 2.05) is 5.32 Å². The molecule has 2 N–H and O–H groups in total. The van der Waals surface area contributed by atoms with Crippen LogP contribution in [0, 0.1) is 11.3 Å². The second-order valence-electron chi connectivity index (χ2n) is 7.93. The smallest absolute Gasteiger partial charge is 0.343 e. The molecule has 2 amide bonds. The van der Waals surface area contributed by atoms with Crippen LogP contribution in [0.3, 0.4) is 0 Å². The molecule has 188 valence electrons. The molecule has 4 rings (SSSR count). The van der Waals surface area contributed by atoms with Gasteiger partial charge in [0, 0.05) is 18.2 Å². The fraction of sp³-hybridized carbons (Fsp3) is 0.350. The maximum absolute atomic E-state index is 13.5. The van der Waals surface area contributed by atoms with Crippen molar-refractivity contribution < 1.29 is 31.5 Å². The molecule has 0 unspecified atom stereocenters. The van der Waals surface area contributed by atoms with Crippen molar-refractivity contribution in [3.05, 3.63) is 47.3 Å². The van der Waals surface area contributed by atoms with E-state index < -0.39 is 60.7 Å². The molecule has 1 saturated heterocycles. The third-order valence-corrected chi connectivity index (χ3v) is 5.32. The van der Waals surface area contributed by atoms with E-state index in [1.54, 1.807) is 30.3 Å². The highest BCUT2D eigenvalue weighted by molar-refractivity contribution is 5.97. The number of nitrogens with zero attached hydrogens (tertiary/aromatic N) is 7. The molecule has 2 aromatic heterocycles. The summed E-state index contributed by atoms with van der Waals surface area (Å²) in [6, 6.07) is 6.65. The Morgan fingerprint density at radius 2 is 1.97 bits per heavy atom. The third kappa shape index (κ3) is 5.29. The number of nitrogens with one attached hydrogen (secondary N) is 2. The van der Waals surface area contributed by atoms with Gasteiger partial charge in [-0.15, -0.1) is 10.2 Å². The lowest BCUT2D eigenvalue weighted by Gasteiger charge is -2.19. The zero-order chi connectivity index (χ0) is 26.1. The predicted octanol–water partition coefficient (Wildman–Crippen LogP) is 1.62. The Morgan fingerprint density at radius 3 is 2.58 bits per heavy atom. The highest BCUT2D eigenvalue weighted by Gasteiger charge is 2.47. The Bertz CT molecular complexity index is 1300. The number of tetrazole rings is 1. The summed E-state index contributed by atoms with van der Waals surface area (Å²) in [6.07, 6.45) is -4.96. The van der Waals surface area contributed by atoms with Crippen molar-refractivity contribution in [2.45, 2.75) is 31.1 Å². The van der Waals surface area contributed by atoms with Crippen molar-refractivity contribution in [2.24, 2.45) is 0 Å². The number of hydrogen-bond donors (Lipinski definition) is 2. The molecule has 1 aliphatic heterocycles. The van der Waals surface area contributed by atoms with Crippen LogP contribution < -0.4 is 5.32 Å². The van der Waals surface area contributed by atoms with Crippen LogP contribution in [0.4, 0.5) is 22.0 Å². The number of nitriles is 1. The van der Waals surface area contributed by atoms with Crippen molar-refractivity contribution in [1.82, 2.24) is 40.6 Å². The number of rotatable bonds is 6. The normalized spacial score (nSPS) is 17.1. The van der Waals surface area contributed by atoms with Crippen LogP contribution in [0.15, 0.2) is 30.5 Å². The Kier molecular flexibility index (Phi) is 6.39. The molecular weight excluding hydrogens is 493 g/mol. The van der Waals surface area contributed by atoms with Gasteiger partial charge >= 0.3 is 6.18 Å². The monoisotopic (exact) mass is 509 g/mol. The summed E-state index contributed by atoms with van der Waals surface area (Å²) in [6.45, 7) is -2.00. The first kappa shape index (κ1) is 24.7. The summed E-state index contributed by atoms with van der Waals surface area (Å²) in [7, 11) is 0. The maximum Gasteiger partial charge on any atom is 0.435 e. The molecule has 11 nitrogen and oxygen atoms in total. The van der Waals surface area contributed by atoms with Gasteiger partial charge < -0.3 is 10.2 Å². The van der Waals surface area contributed by atoms with Gasteiger partial charge in [0.05, 0.1) is 31.3 Å². The molecule has 1 atom stereocenters. The molecule has 0 bridgehead atoms. The third-order valence-electron chi connectivity index (χ3n) is 5.32. The largest absolute Gasteiger partial charge is 0.435 e. The molecule has 1 aromatic carbocycles. The highest BCUT2D eigenvalue weighted by atomic mass is 19.4. The van der Waals surface area contributed by atoms with Crippen molar-refractivity contribution in [3.8, 4) is 17.5 Å². The van der Waals surface area contributed by atoms with E-state index in [4.69, 9.17) is 5.26 Å². The van der Waals surface area contributed by atoms with Gasteiger partial charge in [-0.1, -0.05) is 24.3 Å². The predicted molar refractivity (Wildman–Crippen MR) is 109 cm³/mol. The van der Waals surface area contributed by atoms with Gasteiger partial charge in [0.1, 0.15) is 6.04 Å². The number of amides is 2. The van der Waals surface area contributed by atoms with E-state index in [2.05, 4.69) is 25.7 Å². The molecule has 0 aliphatic carbocycles. The lowest BCUT2D eigenvalue weighted by Crippen LogP contribution is -2.43. The molecule has 0 saturated carbocycles. The van der Waals surface area contributed by atoms with Gasteiger partial charge in [0.25, 0.3) is 11.8 Å². The molecule has 0 spiro atoms. The number of halogens is 5. The van der Waals surface area contributed by atoms with Crippen LogP contribution in [0.5, 0.6) is 0 Å². The molecule has 36 heavy (non-hydrogen) atoms. The van der Waals surface area contributed by atoms with Gasteiger partial charge in [-0.3, -0.25) is 14.3 Å². The average molecular weight is 509 g/mol. The highest BCUT2D eigenvalue weighted by Crippen LogP contribution is 2.32. The minimum atomic E-state index is -4.98. The number of benzene rings is 1. The second-order valence-corrected chi connectivity index (χ2v) is 7.93. The first-order chi connectivity index (χ1) is 17.0. The molecule has 1 fully saturated rings. The molecule has 1 aliphatic rings. The zero-order valence-electron chi connectivity index (χ0n) is 18.1. The fourth-order valence-electron chi connectivity index (χ4n) is 3.66. The number of H-pyrrole nitrogens is 1. The average Bonchev–Trinajstić information content (AvgIpc) is 3.56. The Labute approximate surface area is 198 Å². The van der Waals surface area contributed by atoms with E-state index in [0.29, 0.717) is 21.9 Å². The Balaban J connectivity index is 1.46. The Morgan fingerprint density at radius 1 is 1.25 bits per heavy atom. The van der Waals surface area contributed by atoms with E-state index >= 15 is 0 Å². The second kappa shape index (κ2) is 9.32.